The van der Waals surface area contributed by atoms with Crippen molar-refractivity contribution >= 4 is 17.3 Å². The summed E-state index contributed by atoms with van der Waals surface area (Å²) in [5, 5.41) is 10.6. The molecule has 6 nitrogen and oxygen atoms in total. The van der Waals surface area contributed by atoms with E-state index >= 15 is 0 Å². The first kappa shape index (κ1) is 18.4. The van der Waals surface area contributed by atoms with Crippen LogP contribution in [-0.4, -0.2) is 29.2 Å². The molecule has 132 valence electrons. The van der Waals surface area contributed by atoms with E-state index in [9.17, 15) is 0 Å². The lowest BCUT2D eigenvalue weighted by atomic mass is 9.97. The summed E-state index contributed by atoms with van der Waals surface area (Å²) >= 11 is 1.83. The molecule has 0 saturated carbocycles. The van der Waals surface area contributed by atoms with Gasteiger partial charge in [-0.05, 0) is 26.0 Å². The van der Waals surface area contributed by atoms with Crippen LogP contribution >= 0.6 is 11.3 Å². The molecule has 0 aliphatic carbocycles. The van der Waals surface area contributed by atoms with Gasteiger partial charge in [0.25, 0.3) is 0 Å². The quantitative estimate of drug-likeness (QED) is 0.641. The number of nitrogens with zero attached hydrogens (tertiary/aromatic N) is 3. The van der Waals surface area contributed by atoms with Gasteiger partial charge in [-0.3, -0.25) is 4.99 Å². The Kier molecular flexibility index (Phi) is 5.99. The maximum Gasteiger partial charge on any atom is 0.232 e. The minimum Gasteiger partial charge on any atom is -0.354 e. The number of nitrogens with one attached hydrogen (secondary N) is 2. The van der Waals surface area contributed by atoms with Crippen molar-refractivity contribution in [2.24, 2.45) is 4.99 Å². The Morgan fingerprint density at radius 2 is 2.12 bits per heavy atom. The fraction of sp³-hybridized carbons (Fsp3) is 0.588. The van der Waals surface area contributed by atoms with E-state index in [2.05, 4.69) is 51.7 Å². The van der Waals surface area contributed by atoms with Gasteiger partial charge < -0.3 is 15.2 Å². The fourth-order valence-electron chi connectivity index (χ4n) is 2.17. The van der Waals surface area contributed by atoms with Gasteiger partial charge in [-0.15, -0.1) is 11.3 Å². The van der Waals surface area contributed by atoms with Crippen molar-refractivity contribution in [2.45, 2.75) is 59.0 Å². The first-order chi connectivity index (χ1) is 11.3. The molecule has 0 aliphatic heterocycles. The van der Waals surface area contributed by atoms with Crippen LogP contribution in [0.4, 0.5) is 0 Å². The summed E-state index contributed by atoms with van der Waals surface area (Å²) in [5.41, 5.74) is -0.140. The normalized spacial score (nSPS) is 13.8. The van der Waals surface area contributed by atoms with Crippen molar-refractivity contribution < 1.29 is 4.52 Å². The van der Waals surface area contributed by atoms with Gasteiger partial charge in [-0.25, -0.2) is 0 Å². The lowest BCUT2D eigenvalue weighted by Crippen LogP contribution is -2.42. The largest absolute Gasteiger partial charge is 0.354 e. The highest BCUT2D eigenvalue weighted by Crippen LogP contribution is 2.19. The predicted molar refractivity (Wildman–Crippen MR) is 98.6 cm³/mol. The molecule has 1 atom stereocenters. The van der Waals surface area contributed by atoms with Crippen molar-refractivity contribution in [1.29, 1.82) is 0 Å². The lowest BCUT2D eigenvalue weighted by molar-refractivity contribution is 0.318. The van der Waals surface area contributed by atoms with E-state index in [-0.39, 0.29) is 11.5 Å². The molecule has 2 aromatic heterocycles. The molecule has 0 aliphatic rings. The third-order valence-corrected chi connectivity index (χ3v) is 4.46. The van der Waals surface area contributed by atoms with E-state index in [0.29, 0.717) is 18.3 Å². The molecule has 2 rings (SSSR count). The van der Waals surface area contributed by atoms with Gasteiger partial charge in [0.15, 0.2) is 11.8 Å². The monoisotopic (exact) mass is 349 g/mol. The van der Waals surface area contributed by atoms with Gasteiger partial charge in [0, 0.05) is 34.7 Å². The molecular formula is C17H27N5OS. The van der Waals surface area contributed by atoms with Crippen LogP contribution in [0.5, 0.6) is 0 Å². The van der Waals surface area contributed by atoms with Gasteiger partial charge in [-0.1, -0.05) is 25.9 Å². The number of guanidine groups is 1. The zero-order valence-corrected chi connectivity index (χ0v) is 16.1. The van der Waals surface area contributed by atoms with Crippen LogP contribution in [0.15, 0.2) is 21.6 Å². The molecule has 0 bridgehead atoms. The van der Waals surface area contributed by atoms with Crippen molar-refractivity contribution in [3.8, 4) is 0 Å². The second-order valence-corrected chi connectivity index (χ2v) is 8.33. The molecule has 2 aromatic rings. The van der Waals surface area contributed by atoms with Gasteiger partial charge >= 0.3 is 0 Å². The molecule has 0 amide bonds. The van der Waals surface area contributed by atoms with Crippen molar-refractivity contribution in [3.63, 3.8) is 0 Å². The lowest BCUT2D eigenvalue weighted by Gasteiger charge is -2.16. The topological polar surface area (TPSA) is 75.3 Å². The Labute approximate surface area is 147 Å². The van der Waals surface area contributed by atoms with Crippen LogP contribution in [0.1, 0.15) is 49.2 Å². The highest BCUT2D eigenvalue weighted by atomic mass is 32.1. The SMILES string of the molecule is CN=C(NCc1noc(C(C)(C)C)n1)NC(C)Cc1ccc(C)s1. The average molecular weight is 350 g/mol. The van der Waals surface area contributed by atoms with Gasteiger partial charge in [0.1, 0.15) is 0 Å². The van der Waals surface area contributed by atoms with Crippen LogP contribution in [-0.2, 0) is 18.4 Å². The standard InChI is InChI=1S/C17H27N5OS/c1-11(9-13-8-7-12(2)24-13)20-16(18-6)19-10-14-21-15(23-22-14)17(3,4)5/h7-8,11H,9-10H2,1-6H3,(H2,18,19,20). The summed E-state index contributed by atoms with van der Waals surface area (Å²) in [5.74, 6) is 2.01. The number of thiophene rings is 1. The summed E-state index contributed by atoms with van der Waals surface area (Å²) in [6.45, 7) is 10.9. The second-order valence-electron chi connectivity index (χ2n) is 6.95. The molecule has 0 saturated heterocycles. The van der Waals surface area contributed by atoms with E-state index < -0.39 is 0 Å². The van der Waals surface area contributed by atoms with E-state index in [1.165, 1.54) is 9.75 Å². The zero-order valence-electron chi connectivity index (χ0n) is 15.3. The maximum absolute atomic E-state index is 5.30. The summed E-state index contributed by atoms with van der Waals surface area (Å²) in [6, 6.07) is 4.62. The highest BCUT2D eigenvalue weighted by Gasteiger charge is 2.21. The minimum absolute atomic E-state index is 0.140. The first-order valence-electron chi connectivity index (χ1n) is 8.13. The summed E-state index contributed by atoms with van der Waals surface area (Å²) in [4.78, 5) is 11.4. The number of aliphatic imine (C=N–C) groups is 1. The second kappa shape index (κ2) is 7.79. The van der Waals surface area contributed by atoms with Crippen LogP contribution < -0.4 is 10.6 Å². The molecule has 7 heteroatoms. The molecule has 1 unspecified atom stereocenters. The van der Waals surface area contributed by atoms with E-state index in [0.717, 1.165) is 12.4 Å². The molecule has 24 heavy (non-hydrogen) atoms. The number of hydrogen-bond donors (Lipinski definition) is 2. The number of hydrogen-bond acceptors (Lipinski definition) is 5. The van der Waals surface area contributed by atoms with E-state index in [4.69, 9.17) is 4.52 Å². The van der Waals surface area contributed by atoms with E-state index in [1.807, 2.05) is 32.1 Å². The van der Waals surface area contributed by atoms with Crippen LogP contribution in [0.3, 0.4) is 0 Å². The number of aryl methyl sites for hydroxylation is 1. The minimum atomic E-state index is -0.140. The van der Waals surface area contributed by atoms with Crippen LogP contribution in [0.25, 0.3) is 0 Å². The Bertz CT molecular complexity index is 683. The maximum atomic E-state index is 5.30. The summed E-state index contributed by atoms with van der Waals surface area (Å²) in [7, 11) is 1.76. The third-order valence-electron chi connectivity index (χ3n) is 3.43. The fourth-order valence-corrected chi connectivity index (χ4v) is 3.19. The smallest absolute Gasteiger partial charge is 0.232 e. The third kappa shape index (κ3) is 5.33. The molecular weight excluding hydrogens is 322 g/mol. The Morgan fingerprint density at radius 1 is 1.38 bits per heavy atom. The average Bonchev–Trinajstić information content (AvgIpc) is 3.12. The van der Waals surface area contributed by atoms with Gasteiger partial charge in [0.2, 0.25) is 5.89 Å². The molecule has 2 N–H and O–H groups in total. The van der Waals surface area contributed by atoms with Crippen molar-refractivity contribution in [3.05, 3.63) is 33.6 Å². The summed E-state index contributed by atoms with van der Waals surface area (Å²) in [6.07, 6.45) is 0.968. The Morgan fingerprint density at radius 3 is 2.67 bits per heavy atom. The van der Waals surface area contributed by atoms with E-state index in [1.54, 1.807) is 7.05 Å². The molecule has 0 fully saturated rings. The molecule has 2 heterocycles. The highest BCUT2D eigenvalue weighted by molar-refractivity contribution is 7.11. The van der Waals surface area contributed by atoms with Crippen LogP contribution in [0.2, 0.25) is 0 Å². The van der Waals surface area contributed by atoms with Crippen LogP contribution in [0, 0.1) is 6.92 Å². The molecule has 0 spiro atoms. The predicted octanol–water partition coefficient (Wildman–Crippen LogP) is 3.03. The number of rotatable bonds is 5. The first-order valence-corrected chi connectivity index (χ1v) is 8.95. The Hall–Kier alpha value is -1.89. The molecule has 0 aromatic carbocycles. The number of aromatic nitrogens is 2. The zero-order chi connectivity index (χ0) is 17.7. The molecule has 0 radical (unpaired) electrons. The van der Waals surface area contributed by atoms with Crippen molar-refractivity contribution in [2.75, 3.05) is 7.05 Å². The van der Waals surface area contributed by atoms with Gasteiger partial charge in [0.05, 0.1) is 6.54 Å². The Balaban J connectivity index is 1.85. The summed E-state index contributed by atoms with van der Waals surface area (Å²) < 4.78 is 5.30. The van der Waals surface area contributed by atoms with Gasteiger partial charge in [-0.2, -0.15) is 4.98 Å². The van der Waals surface area contributed by atoms with Crippen molar-refractivity contribution in [1.82, 2.24) is 20.8 Å².